The summed E-state index contributed by atoms with van der Waals surface area (Å²) in [6.07, 6.45) is 1.78. The third kappa shape index (κ3) is 5.48. The molecule has 28 heavy (non-hydrogen) atoms. The van der Waals surface area contributed by atoms with Crippen LogP contribution in [0.5, 0.6) is 0 Å². The highest BCUT2D eigenvalue weighted by Gasteiger charge is 2.26. The predicted molar refractivity (Wildman–Crippen MR) is 123 cm³/mol. The van der Waals surface area contributed by atoms with Gasteiger partial charge in [0.05, 0.1) is 25.5 Å². The van der Waals surface area contributed by atoms with Gasteiger partial charge in [0.2, 0.25) is 0 Å². The molecule has 3 rings (SSSR count). The van der Waals surface area contributed by atoms with Gasteiger partial charge in [-0.15, -0.1) is 24.0 Å². The number of aliphatic imine (C=N–C) groups is 1. The van der Waals surface area contributed by atoms with Crippen LogP contribution in [0.4, 0.5) is 0 Å². The molecule has 2 heterocycles. The Morgan fingerprint density at radius 2 is 2.07 bits per heavy atom. The second-order valence-electron chi connectivity index (χ2n) is 7.08. The van der Waals surface area contributed by atoms with E-state index in [9.17, 15) is 0 Å². The number of rotatable bonds is 5. The maximum Gasteiger partial charge on any atom is 0.193 e. The van der Waals surface area contributed by atoms with Gasteiger partial charge in [-0.1, -0.05) is 24.3 Å². The van der Waals surface area contributed by atoms with Crippen LogP contribution in [-0.2, 0) is 4.74 Å². The Bertz CT molecular complexity index is 749. The number of guanidine groups is 1. The van der Waals surface area contributed by atoms with Crippen LogP contribution in [-0.4, -0.2) is 63.1 Å². The molecule has 154 valence electrons. The fourth-order valence-electron chi connectivity index (χ4n) is 3.52. The molecule has 1 saturated heterocycles. The number of halogens is 1. The molecular weight excluding hydrogens is 467 g/mol. The van der Waals surface area contributed by atoms with E-state index in [0.29, 0.717) is 6.61 Å². The molecule has 0 bridgehead atoms. The topological polar surface area (TPSA) is 53.2 Å². The third-order valence-corrected chi connectivity index (χ3v) is 5.06. The number of hydrogen-bond donors (Lipinski definition) is 1. The van der Waals surface area contributed by atoms with Gasteiger partial charge in [0, 0.05) is 20.1 Å². The second-order valence-corrected chi connectivity index (χ2v) is 7.08. The van der Waals surface area contributed by atoms with E-state index in [1.807, 2.05) is 19.2 Å². The van der Waals surface area contributed by atoms with E-state index < -0.39 is 0 Å². The monoisotopic (exact) mass is 498 g/mol. The van der Waals surface area contributed by atoms with Crippen molar-refractivity contribution in [3.8, 4) is 0 Å². The van der Waals surface area contributed by atoms with Crippen molar-refractivity contribution in [3.63, 3.8) is 0 Å². The number of ether oxygens (including phenoxy) is 1. The van der Waals surface area contributed by atoms with Crippen LogP contribution in [0.3, 0.4) is 0 Å². The fraction of sp³-hybridized carbons (Fsp3) is 0.476. The van der Waals surface area contributed by atoms with Crippen molar-refractivity contribution < 1.29 is 9.15 Å². The Morgan fingerprint density at radius 3 is 2.71 bits per heavy atom. The first-order valence-electron chi connectivity index (χ1n) is 9.42. The van der Waals surface area contributed by atoms with Gasteiger partial charge in [-0.05, 0) is 44.3 Å². The minimum atomic E-state index is 0. The summed E-state index contributed by atoms with van der Waals surface area (Å²) in [5, 5.41) is 3.51. The zero-order chi connectivity index (χ0) is 19.2. The zero-order valence-electron chi connectivity index (χ0n) is 17.1. The molecule has 2 aromatic rings. The van der Waals surface area contributed by atoms with Gasteiger partial charge in [0.15, 0.2) is 5.96 Å². The molecule has 1 N–H and O–H groups in total. The van der Waals surface area contributed by atoms with Crippen LogP contribution in [0.15, 0.2) is 52.1 Å². The average molecular weight is 498 g/mol. The number of likely N-dealkylation sites (N-methyl/N-ethyl adjacent to an activating group) is 1. The van der Waals surface area contributed by atoms with Gasteiger partial charge >= 0.3 is 0 Å². The van der Waals surface area contributed by atoms with Crippen LogP contribution in [0.2, 0.25) is 0 Å². The number of nitrogens with zero attached hydrogens (tertiary/aromatic N) is 3. The molecule has 1 aliphatic rings. The first kappa shape index (κ1) is 22.7. The predicted octanol–water partition coefficient (Wildman–Crippen LogP) is 3.46. The van der Waals surface area contributed by atoms with Crippen molar-refractivity contribution in [2.75, 3.05) is 47.4 Å². The maximum atomic E-state index is 6.04. The summed E-state index contributed by atoms with van der Waals surface area (Å²) in [6.45, 7) is 5.16. The van der Waals surface area contributed by atoms with Crippen molar-refractivity contribution >= 4 is 29.9 Å². The number of aryl methyl sites for hydroxylation is 1. The molecule has 1 aromatic heterocycles. The summed E-state index contributed by atoms with van der Waals surface area (Å²) in [4.78, 5) is 8.92. The van der Waals surface area contributed by atoms with E-state index >= 15 is 0 Å². The van der Waals surface area contributed by atoms with E-state index in [1.54, 1.807) is 6.26 Å². The Labute approximate surface area is 185 Å². The maximum absolute atomic E-state index is 6.04. The SMILES string of the molecule is CN=C(NCC(c1ccco1)N(C)C)N1CCOC(c2ccccc2C)C1.I. The summed E-state index contributed by atoms with van der Waals surface area (Å²) in [7, 11) is 5.94. The molecule has 1 aromatic carbocycles. The van der Waals surface area contributed by atoms with Gasteiger partial charge in [0.1, 0.15) is 11.9 Å². The van der Waals surface area contributed by atoms with Crippen LogP contribution in [0, 0.1) is 6.92 Å². The van der Waals surface area contributed by atoms with Gasteiger partial charge in [-0.3, -0.25) is 9.89 Å². The standard InChI is InChI=1S/C21H30N4O2.HI/c1-16-8-5-6-9-17(16)20-15-25(11-13-27-20)21(22-2)23-14-18(24(3)4)19-10-7-12-26-19;/h5-10,12,18,20H,11,13-15H2,1-4H3,(H,22,23);1H. The normalized spacial score (nSPS) is 18.7. The molecule has 1 fully saturated rings. The van der Waals surface area contributed by atoms with Crippen molar-refractivity contribution in [3.05, 3.63) is 59.5 Å². The highest BCUT2D eigenvalue weighted by Crippen LogP contribution is 2.25. The Balaban J connectivity index is 0.00000280. The van der Waals surface area contributed by atoms with Crippen LogP contribution in [0.1, 0.15) is 29.0 Å². The summed E-state index contributed by atoms with van der Waals surface area (Å²) < 4.78 is 11.6. The van der Waals surface area contributed by atoms with Crippen molar-refractivity contribution in [1.29, 1.82) is 0 Å². The first-order valence-corrected chi connectivity index (χ1v) is 9.42. The molecular formula is C21H31IN4O2. The van der Waals surface area contributed by atoms with E-state index in [4.69, 9.17) is 9.15 Å². The number of hydrogen-bond acceptors (Lipinski definition) is 4. The van der Waals surface area contributed by atoms with Gasteiger partial charge in [-0.2, -0.15) is 0 Å². The highest BCUT2D eigenvalue weighted by atomic mass is 127. The Hall–Kier alpha value is -1.58. The van der Waals surface area contributed by atoms with Gasteiger partial charge in [-0.25, -0.2) is 0 Å². The summed E-state index contributed by atoms with van der Waals surface area (Å²) in [5.74, 6) is 1.85. The van der Waals surface area contributed by atoms with Crippen molar-refractivity contribution in [2.24, 2.45) is 4.99 Å². The van der Waals surface area contributed by atoms with Crippen LogP contribution >= 0.6 is 24.0 Å². The lowest BCUT2D eigenvalue weighted by atomic mass is 10.0. The zero-order valence-corrected chi connectivity index (χ0v) is 19.4. The summed E-state index contributed by atoms with van der Waals surface area (Å²) in [5.41, 5.74) is 2.51. The lowest BCUT2D eigenvalue weighted by Crippen LogP contribution is -2.49. The molecule has 1 aliphatic heterocycles. The first-order chi connectivity index (χ1) is 13.1. The number of morpholine rings is 1. The fourth-order valence-corrected chi connectivity index (χ4v) is 3.52. The van der Waals surface area contributed by atoms with E-state index in [-0.39, 0.29) is 36.1 Å². The van der Waals surface area contributed by atoms with Crippen molar-refractivity contribution in [1.82, 2.24) is 15.1 Å². The minimum Gasteiger partial charge on any atom is -0.468 e. The third-order valence-electron chi connectivity index (χ3n) is 5.06. The molecule has 0 saturated carbocycles. The minimum absolute atomic E-state index is 0. The number of nitrogens with one attached hydrogen (secondary N) is 1. The van der Waals surface area contributed by atoms with E-state index in [0.717, 1.165) is 31.4 Å². The quantitative estimate of drug-likeness (QED) is 0.389. The van der Waals surface area contributed by atoms with Crippen LogP contribution in [0.25, 0.3) is 0 Å². The summed E-state index contributed by atoms with van der Waals surface area (Å²) >= 11 is 0. The molecule has 0 radical (unpaired) electrons. The molecule has 6 nitrogen and oxygen atoms in total. The number of furan rings is 1. The largest absolute Gasteiger partial charge is 0.468 e. The summed E-state index contributed by atoms with van der Waals surface area (Å²) in [6, 6.07) is 12.5. The molecule has 7 heteroatoms. The average Bonchev–Trinajstić information content (AvgIpc) is 3.20. The van der Waals surface area contributed by atoms with Crippen LogP contribution < -0.4 is 5.32 Å². The highest BCUT2D eigenvalue weighted by molar-refractivity contribution is 14.0. The molecule has 0 aliphatic carbocycles. The van der Waals surface area contributed by atoms with Crippen molar-refractivity contribution in [2.45, 2.75) is 19.1 Å². The Morgan fingerprint density at radius 1 is 1.29 bits per heavy atom. The molecule has 0 spiro atoms. The number of benzene rings is 1. The van der Waals surface area contributed by atoms with Gasteiger partial charge in [0.25, 0.3) is 0 Å². The van der Waals surface area contributed by atoms with E-state index in [1.165, 1.54) is 11.1 Å². The van der Waals surface area contributed by atoms with E-state index in [2.05, 4.69) is 65.4 Å². The second kappa shape index (κ2) is 10.8. The lowest BCUT2D eigenvalue weighted by Gasteiger charge is -2.36. The molecule has 2 unspecified atom stereocenters. The molecule has 0 amide bonds. The lowest BCUT2D eigenvalue weighted by molar-refractivity contribution is -0.00841. The Kier molecular flexibility index (Phi) is 8.78. The smallest absolute Gasteiger partial charge is 0.193 e. The van der Waals surface area contributed by atoms with Gasteiger partial charge < -0.3 is 19.4 Å². The molecule has 2 atom stereocenters.